The summed E-state index contributed by atoms with van der Waals surface area (Å²) in [5, 5.41) is 0. The lowest BCUT2D eigenvalue weighted by atomic mass is 9.71. The summed E-state index contributed by atoms with van der Waals surface area (Å²) in [6.45, 7) is 10.9. The van der Waals surface area contributed by atoms with Gasteiger partial charge < -0.3 is 9.80 Å². The fourth-order valence-corrected chi connectivity index (χ4v) is 4.34. The molecule has 3 rings (SSSR count). The van der Waals surface area contributed by atoms with Crippen molar-refractivity contribution in [2.24, 2.45) is 5.92 Å². The molecule has 1 aromatic rings. The zero-order chi connectivity index (χ0) is 17.6. The molecule has 1 aliphatic carbocycles. The van der Waals surface area contributed by atoms with E-state index in [0.717, 1.165) is 18.4 Å². The molecular formula is C22H37N3. The maximum absolute atomic E-state index is 2.63. The van der Waals surface area contributed by atoms with Crippen LogP contribution >= 0.6 is 0 Å². The Morgan fingerprint density at radius 3 is 2.28 bits per heavy atom. The average Bonchev–Trinajstić information content (AvgIpc) is 3.07. The molecule has 140 valence electrons. The monoisotopic (exact) mass is 343 g/mol. The molecule has 1 aromatic carbocycles. The molecule has 0 spiro atoms. The molecule has 0 aromatic heterocycles. The van der Waals surface area contributed by atoms with Crippen LogP contribution in [-0.4, -0.2) is 68.1 Å². The topological polar surface area (TPSA) is 9.72 Å². The number of nitrogens with zero attached hydrogens (tertiary/aromatic N) is 3. The summed E-state index contributed by atoms with van der Waals surface area (Å²) in [6.07, 6.45) is 5.52. The van der Waals surface area contributed by atoms with E-state index in [1.165, 1.54) is 70.5 Å². The normalized spacial score (nSPS) is 24.2. The van der Waals surface area contributed by atoms with Crippen molar-refractivity contribution in [2.75, 3.05) is 53.4 Å². The molecule has 3 nitrogen and oxygen atoms in total. The van der Waals surface area contributed by atoms with Crippen LogP contribution in [0.4, 0.5) is 0 Å². The molecule has 1 aliphatic heterocycles. The molecule has 0 radical (unpaired) electrons. The lowest BCUT2D eigenvalue weighted by Crippen LogP contribution is -2.38. The third-order valence-electron chi connectivity index (χ3n) is 6.12. The molecule has 25 heavy (non-hydrogen) atoms. The molecule has 0 atom stereocenters. The summed E-state index contributed by atoms with van der Waals surface area (Å²) in [5.74, 6) is 1.70. The molecule has 0 unspecified atom stereocenters. The fourth-order valence-electron chi connectivity index (χ4n) is 4.34. The van der Waals surface area contributed by atoms with Crippen molar-refractivity contribution in [2.45, 2.75) is 45.1 Å². The molecule has 0 amide bonds. The summed E-state index contributed by atoms with van der Waals surface area (Å²) < 4.78 is 0. The minimum atomic E-state index is 0.804. The lowest BCUT2D eigenvalue weighted by molar-refractivity contribution is 0.155. The van der Waals surface area contributed by atoms with Crippen molar-refractivity contribution in [3.63, 3.8) is 0 Å². The van der Waals surface area contributed by atoms with Gasteiger partial charge in [0.1, 0.15) is 0 Å². The van der Waals surface area contributed by atoms with Gasteiger partial charge in [0, 0.05) is 26.2 Å². The zero-order valence-electron chi connectivity index (χ0n) is 16.6. The van der Waals surface area contributed by atoms with E-state index in [0.29, 0.717) is 0 Å². The van der Waals surface area contributed by atoms with E-state index in [2.05, 4.69) is 60.0 Å². The number of likely N-dealkylation sites (N-methyl/N-ethyl adjacent to an activating group) is 2. The summed E-state index contributed by atoms with van der Waals surface area (Å²) in [4.78, 5) is 7.50. The summed E-state index contributed by atoms with van der Waals surface area (Å²) in [7, 11) is 4.33. The Morgan fingerprint density at radius 2 is 1.68 bits per heavy atom. The van der Waals surface area contributed by atoms with Crippen molar-refractivity contribution in [3.05, 3.63) is 35.4 Å². The number of hydrogen-bond acceptors (Lipinski definition) is 3. The standard InChI is InChI=1S/C22H37N3/c1-4-24(14-13-23(2)3)18-20-15-22(16-20)21-9-7-19(8-10-21)17-25-11-5-6-12-25/h7-10,20,22H,4-6,11-18H2,1-3H3. The van der Waals surface area contributed by atoms with Crippen molar-refractivity contribution in [1.29, 1.82) is 0 Å². The van der Waals surface area contributed by atoms with Crippen LogP contribution in [-0.2, 0) is 6.54 Å². The summed E-state index contributed by atoms with van der Waals surface area (Å²) in [5.41, 5.74) is 3.06. The maximum atomic E-state index is 2.63. The first kappa shape index (κ1) is 18.9. The minimum absolute atomic E-state index is 0.804. The Balaban J connectivity index is 1.41. The van der Waals surface area contributed by atoms with E-state index in [1.807, 2.05) is 0 Å². The van der Waals surface area contributed by atoms with Crippen LogP contribution in [0.15, 0.2) is 24.3 Å². The Labute approximate surface area is 155 Å². The highest BCUT2D eigenvalue weighted by Crippen LogP contribution is 2.42. The van der Waals surface area contributed by atoms with E-state index >= 15 is 0 Å². The van der Waals surface area contributed by atoms with Crippen LogP contribution in [0.5, 0.6) is 0 Å². The lowest BCUT2D eigenvalue weighted by Gasteiger charge is -2.39. The smallest absolute Gasteiger partial charge is 0.0233 e. The van der Waals surface area contributed by atoms with Crippen LogP contribution in [0.1, 0.15) is 49.7 Å². The van der Waals surface area contributed by atoms with Gasteiger partial charge >= 0.3 is 0 Å². The summed E-state index contributed by atoms with van der Waals surface area (Å²) in [6, 6.07) is 9.54. The highest BCUT2D eigenvalue weighted by Gasteiger charge is 2.31. The minimum Gasteiger partial charge on any atom is -0.308 e. The van der Waals surface area contributed by atoms with Gasteiger partial charge in [0.2, 0.25) is 0 Å². The van der Waals surface area contributed by atoms with Gasteiger partial charge in [-0.15, -0.1) is 0 Å². The van der Waals surface area contributed by atoms with Crippen LogP contribution < -0.4 is 0 Å². The predicted octanol–water partition coefficient (Wildman–Crippen LogP) is 3.66. The van der Waals surface area contributed by atoms with Crippen molar-refractivity contribution < 1.29 is 0 Å². The van der Waals surface area contributed by atoms with Gasteiger partial charge in [0.05, 0.1) is 0 Å². The Hall–Kier alpha value is -0.900. The van der Waals surface area contributed by atoms with E-state index in [1.54, 1.807) is 5.56 Å². The van der Waals surface area contributed by atoms with Crippen LogP contribution in [0.2, 0.25) is 0 Å². The molecule has 0 bridgehead atoms. The second-order valence-electron chi connectivity index (χ2n) is 8.46. The van der Waals surface area contributed by atoms with Gasteiger partial charge in [0.15, 0.2) is 0 Å². The molecule has 0 N–H and O–H groups in total. The van der Waals surface area contributed by atoms with Gasteiger partial charge in [-0.3, -0.25) is 4.90 Å². The third-order valence-corrected chi connectivity index (χ3v) is 6.12. The molecule has 1 heterocycles. The largest absolute Gasteiger partial charge is 0.308 e. The zero-order valence-corrected chi connectivity index (χ0v) is 16.6. The van der Waals surface area contributed by atoms with E-state index in [9.17, 15) is 0 Å². The second kappa shape index (κ2) is 9.16. The number of hydrogen-bond donors (Lipinski definition) is 0. The quantitative estimate of drug-likeness (QED) is 0.677. The number of benzene rings is 1. The Bertz CT molecular complexity index is 499. The van der Waals surface area contributed by atoms with E-state index in [4.69, 9.17) is 0 Å². The molecule has 3 heteroatoms. The van der Waals surface area contributed by atoms with Crippen LogP contribution in [0.25, 0.3) is 0 Å². The van der Waals surface area contributed by atoms with Gasteiger partial charge in [0.25, 0.3) is 0 Å². The van der Waals surface area contributed by atoms with Crippen LogP contribution in [0, 0.1) is 5.92 Å². The maximum Gasteiger partial charge on any atom is 0.0233 e. The van der Waals surface area contributed by atoms with E-state index < -0.39 is 0 Å². The van der Waals surface area contributed by atoms with Crippen molar-refractivity contribution in [3.8, 4) is 0 Å². The second-order valence-corrected chi connectivity index (χ2v) is 8.46. The predicted molar refractivity (Wildman–Crippen MR) is 107 cm³/mol. The first-order valence-electron chi connectivity index (χ1n) is 10.3. The van der Waals surface area contributed by atoms with Gasteiger partial charge in [-0.05, 0) is 82.4 Å². The van der Waals surface area contributed by atoms with Gasteiger partial charge in [-0.1, -0.05) is 31.2 Å². The van der Waals surface area contributed by atoms with Gasteiger partial charge in [-0.25, -0.2) is 0 Å². The molecular weight excluding hydrogens is 306 g/mol. The highest BCUT2D eigenvalue weighted by molar-refractivity contribution is 5.27. The fraction of sp³-hybridized carbons (Fsp3) is 0.727. The molecule has 1 saturated carbocycles. The molecule has 2 aliphatic rings. The SMILES string of the molecule is CCN(CCN(C)C)CC1CC(c2ccc(CN3CCCC3)cc2)C1. The number of rotatable bonds is 9. The van der Waals surface area contributed by atoms with E-state index in [-0.39, 0.29) is 0 Å². The van der Waals surface area contributed by atoms with Crippen molar-refractivity contribution in [1.82, 2.24) is 14.7 Å². The Kier molecular flexibility index (Phi) is 6.92. The van der Waals surface area contributed by atoms with Crippen molar-refractivity contribution >= 4 is 0 Å². The van der Waals surface area contributed by atoms with Gasteiger partial charge in [-0.2, -0.15) is 0 Å². The van der Waals surface area contributed by atoms with Crippen LogP contribution in [0.3, 0.4) is 0 Å². The first-order chi connectivity index (χ1) is 12.1. The Morgan fingerprint density at radius 1 is 1.00 bits per heavy atom. The molecule has 1 saturated heterocycles. The summed E-state index contributed by atoms with van der Waals surface area (Å²) >= 11 is 0. The average molecular weight is 344 g/mol. The third kappa shape index (κ3) is 5.54. The first-order valence-corrected chi connectivity index (χ1v) is 10.3. The highest BCUT2D eigenvalue weighted by atomic mass is 15.2. The number of likely N-dealkylation sites (tertiary alicyclic amines) is 1. The molecule has 2 fully saturated rings.